The molecule has 0 spiro atoms. The molecule has 2 heteroatoms. The Bertz CT molecular complexity index is 172. The second-order valence-corrected chi connectivity index (χ2v) is 6.16. The summed E-state index contributed by atoms with van der Waals surface area (Å²) >= 11 is 0. The van der Waals surface area contributed by atoms with E-state index in [1.54, 1.807) is 0 Å². The lowest BCUT2D eigenvalue weighted by Crippen LogP contribution is -2.44. The molecule has 1 rings (SSSR count). The van der Waals surface area contributed by atoms with Crippen molar-refractivity contribution in [2.75, 3.05) is 26.2 Å². The predicted octanol–water partition coefficient (Wildman–Crippen LogP) is 2.79. The predicted molar refractivity (Wildman–Crippen MR) is 71.8 cm³/mol. The minimum absolute atomic E-state index is 0.496. The number of unbranched alkanes of at least 4 members (excludes halogenated alkanes) is 1. The van der Waals surface area contributed by atoms with Gasteiger partial charge in [-0.2, -0.15) is 0 Å². The van der Waals surface area contributed by atoms with Gasteiger partial charge >= 0.3 is 0 Å². The van der Waals surface area contributed by atoms with Crippen molar-refractivity contribution in [3.63, 3.8) is 0 Å². The first-order valence-corrected chi connectivity index (χ1v) is 7.04. The number of hydrogen-bond donors (Lipinski definition) is 2. The van der Waals surface area contributed by atoms with Gasteiger partial charge in [0, 0.05) is 13.1 Å². The molecule has 0 radical (unpaired) electrons. The molecule has 16 heavy (non-hydrogen) atoms. The summed E-state index contributed by atoms with van der Waals surface area (Å²) in [6.45, 7) is 11.8. The molecule has 1 heterocycles. The molecule has 2 N–H and O–H groups in total. The molecule has 1 fully saturated rings. The fourth-order valence-corrected chi connectivity index (χ4v) is 2.46. The van der Waals surface area contributed by atoms with Crippen molar-refractivity contribution in [2.24, 2.45) is 11.3 Å². The van der Waals surface area contributed by atoms with E-state index < -0.39 is 0 Å². The first-order valence-electron chi connectivity index (χ1n) is 7.04. The fourth-order valence-electron chi connectivity index (χ4n) is 2.46. The van der Waals surface area contributed by atoms with Crippen molar-refractivity contribution in [1.29, 1.82) is 0 Å². The third-order valence-electron chi connectivity index (χ3n) is 3.62. The van der Waals surface area contributed by atoms with Crippen LogP contribution in [0.3, 0.4) is 0 Å². The van der Waals surface area contributed by atoms with E-state index in [4.69, 9.17) is 0 Å². The van der Waals surface area contributed by atoms with E-state index in [9.17, 15) is 0 Å². The zero-order chi connectivity index (χ0) is 11.9. The molecule has 96 valence electrons. The Labute approximate surface area is 102 Å². The molecule has 0 saturated carbocycles. The Balaban J connectivity index is 1.97. The van der Waals surface area contributed by atoms with Gasteiger partial charge in [0.15, 0.2) is 0 Å². The Morgan fingerprint density at radius 3 is 2.75 bits per heavy atom. The smallest absolute Gasteiger partial charge is 0.00173 e. The van der Waals surface area contributed by atoms with Crippen molar-refractivity contribution in [1.82, 2.24) is 10.6 Å². The number of rotatable bonds is 7. The van der Waals surface area contributed by atoms with E-state index in [0.717, 1.165) is 5.92 Å². The molecule has 0 aromatic rings. The van der Waals surface area contributed by atoms with Gasteiger partial charge in [-0.25, -0.2) is 0 Å². The molecule has 0 aliphatic carbocycles. The van der Waals surface area contributed by atoms with Crippen LogP contribution in [0.1, 0.15) is 52.9 Å². The molecule has 1 aliphatic rings. The average molecular weight is 226 g/mol. The standard InChI is InChI=1S/C14H30N2/c1-13(2)7-4-5-9-15-11-14(3)8-6-10-16-12-14/h13,15-16H,4-12H2,1-3H3. The second-order valence-electron chi connectivity index (χ2n) is 6.16. The summed E-state index contributed by atoms with van der Waals surface area (Å²) in [4.78, 5) is 0. The lowest BCUT2D eigenvalue weighted by atomic mass is 9.83. The van der Waals surface area contributed by atoms with E-state index in [-0.39, 0.29) is 0 Å². The molecule has 1 aliphatic heterocycles. The van der Waals surface area contributed by atoms with Crippen LogP contribution < -0.4 is 10.6 Å². The minimum Gasteiger partial charge on any atom is -0.316 e. The molecule has 0 bridgehead atoms. The number of nitrogens with one attached hydrogen (secondary N) is 2. The van der Waals surface area contributed by atoms with Crippen molar-refractivity contribution < 1.29 is 0 Å². The SMILES string of the molecule is CC(C)CCCCNCC1(C)CCCNC1. The van der Waals surface area contributed by atoms with Crippen LogP contribution in [0.4, 0.5) is 0 Å². The van der Waals surface area contributed by atoms with E-state index in [2.05, 4.69) is 31.4 Å². The quantitative estimate of drug-likeness (QED) is 0.652. The molecular formula is C14H30N2. The van der Waals surface area contributed by atoms with Crippen LogP contribution in [0.15, 0.2) is 0 Å². The molecule has 1 unspecified atom stereocenters. The van der Waals surface area contributed by atoms with Gasteiger partial charge < -0.3 is 10.6 Å². The van der Waals surface area contributed by atoms with Gasteiger partial charge in [0.05, 0.1) is 0 Å². The Hall–Kier alpha value is -0.0800. The fraction of sp³-hybridized carbons (Fsp3) is 1.00. The van der Waals surface area contributed by atoms with Crippen molar-refractivity contribution >= 4 is 0 Å². The van der Waals surface area contributed by atoms with Crippen LogP contribution in [0.2, 0.25) is 0 Å². The Morgan fingerprint density at radius 1 is 1.31 bits per heavy atom. The van der Waals surface area contributed by atoms with Crippen LogP contribution in [0, 0.1) is 11.3 Å². The van der Waals surface area contributed by atoms with Crippen molar-refractivity contribution in [2.45, 2.75) is 52.9 Å². The first-order chi connectivity index (χ1) is 7.62. The third-order valence-corrected chi connectivity index (χ3v) is 3.62. The van der Waals surface area contributed by atoms with E-state index in [0.29, 0.717) is 5.41 Å². The molecule has 0 amide bonds. The molecule has 1 atom stereocenters. The molecule has 1 saturated heterocycles. The summed E-state index contributed by atoms with van der Waals surface area (Å²) in [5.41, 5.74) is 0.496. The maximum atomic E-state index is 3.63. The van der Waals surface area contributed by atoms with Gasteiger partial charge in [0.1, 0.15) is 0 Å². The average Bonchev–Trinajstić information content (AvgIpc) is 2.24. The summed E-state index contributed by atoms with van der Waals surface area (Å²) in [7, 11) is 0. The highest BCUT2D eigenvalue weighted by molar-refractivity contribution is 4.83. The maximum Gasteiger partial charge on any atom is 0.00173 e. The summed E-state index contributed by atoms with van der Waals surface area (Å²) in [6, 6.07) is 0. The lowest BCUT2D eigenvalue weighted by Gasteiger charge is -2.34. The molecule has 0 aromatic carbocycles. The zero-order valence-electron chi connectivity index (χ0n) is 11.4. The minimum atomic E-state index is 0.496. The Kier molecular flexibility index (Phi) is 6.37. The van der Waals surface area contributed by atoms with Crippen LogP contribution in [0.25, 0.3) is 0 Å². The summed E-state index contributed by atoms with van der Waals surface area (Å²) in [6.07, 6.45) is 6.80. The van der Waals surface area contributed by atoms with Gasteiger partial charge in [0.25, 0.3) is 0 Å². The summed E-state index contributed by atoms with van der Waals surface area (Å²) in [5.74, 6) is 0.861. The van der Waals surface area contributed by atoms with E-state index in [1.807, 2.05) is 0 Å². The highest BCUT2D eigenvalue weighted by atomic mass is 14.9. The maximum absolute atomic E-state index is 3.63. The van der Waals surface area contributed by atoms with E-state index >= 15 is 0 Å². The Morgan fingerprint density at radius 2 is 2.12 bits per heavy atom. The van der Waals surface area contributed by atoms with Crippen molar-refractivity contribution in [3.05, 3.63) is 0 Å². The largest absolute Gasteiger partial charge is 0.316 e. The summed E-state index contributed by atoms with van der Waals surface area (Å²) < 4.78 is 0. The third kappa shape index (κ3) is 5.86. The van der Waals surface area contributed by atoms with Crippen molar-refractivity contribution in [3.8, 4) is 0 Å². The zero-order valence-corrected chi connectivity index (χ0v) is 11.4. The van der Waals surface area contributed by atoms with Gasteiger partial charge in [0.2, 0.25) is 0 Å². The number of hydrogen-bond acceptors (Lipinski definition) is 2. The van der Waals surface area contributed by atoms with Crippen LogP contribution >= 0.6 is 0 Å². The number of piperidine rings is 1. The first kappa shape index (κ1) is 14.0. The molecule has 0 aromatic heterocycles. The van der Waals surface area contributed by atoms with Gasteiger partial charge in [-0.05, 0) is 43.7 Å². The van der Waals surface area contributed by atoms with Crippen LogP contribution in [-0.4, -0.2) is 26.2 Å². The molecule has 2 nitrogen and oxygen atoms in total. The second kappa shape index (κ2) is 7.29. The highest BCUT2D eigenvalue weighted by Gasteiger charge is 2.25. The normalized spacial score (nSPS) is 26.2. The highest BCUT2D eigenvalue weighted by Crippen LogP contribution is 2.24. The van der Waals surface area contributed by atoms with Gasteiger partial charge in [-0.3, -0.25) is 0 Å². The molecular weight excluding hydrogens is 196 g/mol. The lowest BCUT2D eigenvalue weighted by molar-refractivity contribution is 0.226. The monoisotopic (exact) mass is 226 g/mol. The van der Waals surface area contributed by atoms with E-state index in [1.165, 1.54) is 58.3 Å². The summed E-state index contributed by atoms with van der Waals surface area (Å²) in [5, 5.41) is 7.13. The topological polar surface area (TPSA) is 24.1 Å². The van der Waals surface area contributed by atoms with Gasteiger partial charge in [-0.15, -0.1) is 0 Å². The van der Waals surface area contributed by atoms with Crippen LogP contribution in [0.5, 0.6) is 0 Å². The van der Waals surface area contributed by atoms with Gasteiger partial charge in [-0.1, -0.05) is 33.6 Å². The van der Waals surface area contributed by atoms with Crippen LogP contribution in [-0.2, 0) is 0 Å².